The summed E-state index contributed by atoms with van der Waals surface area (Å²) in [6.45, 7) is 8.46. The third-order valence-electron chi connectivity index (χ3n) is 5.16. The van der Waals surface area contributed by atoms with Gasteiger partial charge in [-0.1, -0.05) is 13.3 Å². The Morgan fingerprint density at radius 2 is 1.94 bits per heavy atom. The van der Waals surface area contributed by atoms with Crippen LogP contribution in [0.3, 0.4) is 0 Å². The summed E-state index contributed by atoms with van der Waals surface area (Å²) in [4.78, 5) is 2.68. The predicted octanol–water partition coefficient (Wildman–Crippen LogP) is 2.39. The van der Waals surface area contributed by atoms with E-state index in [-0.39, 0.29) is 0 Å². The van der Waals surface area contributed by atoms with Gasteiger partial charge in [-0.3, -0.25) is 4.90 Å². The summed E-state index contributed by atoms with van der Waals surface area (Å²) in [5.41, 5.74) is 6.45. The first kappa shape index (κ1) is 14.3. The lowest BCUT2D eigenvalue weighted by molar-refractivity contribution is -0.0177. The zero-order valence-corrected chi connectivity index (χ0v) is 12.2. The van der Waals surface area contributed by atoms with Crippen LogP contribution in [0.5, 0.6) is 0 Å². The Bertz CT molecular complexity index is 251. The molecule has 18 heavy (non-hydrogen) atoms. The van der Waals surface area contributed by atoms with E-state index in [0.29, 0.717) is 11.6 Å². The molecule has 1 aliphatic carbocycles. The van der Waals surface area contributed by atoms with E-state index in [4.69, 9.17) is 10.5 Å². The molecule has 106 valence electrons. The van der Waals surface area contributed by atoms with Gasteiger partial charge in [0.2, 0.25) is 0 Å². The van der Waals surface area contributed by atoms with Gasteiger partial charge in [0.1, 0.15) is 0 Å². The van der Waals surface area contributed by atoms with E-state index in [0.717, 1.165) is 19.1 Å². The topological polar surface area (TPSA) is 38.5 Å². The Hall–Kier alpha value is -0.120. The largest absolute Gasteiger partial charge is 0.378 e. The molecule has 1 aliphatic heterocycles. The molecule has 1 heterocycles. The first-order chi connectivity index (χ1) is 8.74. The lowest BCUT2D eigenvalue weighted by atomic mass is 9.90. The van der Waals surface area contributed by atoms with Crippen molar-refractivity contribution in [2.75, 3.05) is 26.2 Å². The van der Waals surface area contributed by atoms with Crippen molar-refractivity contribution in [2.45, 2.75) is 64.0 Å². The third-order valence-corrected chi connectivity index (χ3v) is 5.16. The molecule has 0 amide bonds. The SMILES string of the molecule is CCOC1CCN(C2(CN)CCC(CC)C2)CC1. The number of hydrogen-bond donors (Lipinski definition) is 1. The smallest absolute Gasteiger partial charge is 0.0599 e. The fourth-order valence-electron chi connectivity index (χ4n) is 3.90. The van der Waals surface area contributed by atoms with Gasteiger partial charge >= 0.3 is 0 Å². The van der Waals surface area contributed by atoms with Gasteiger partial charge < -0.3 is 10.5 Å². The monoisotopic (exact) mass is 254 g/mol. The Balaban J connectivity index is 1.90. The molecule has 3 nitrogen and oxygen atoms in total. The molecular formula is C15H30N2O. The van der Waals surface area contributed by atoms with Gasteiger partial charge in [0, 0.05) is 31.8 Å². The second-order valence-corrected chi connectivity index (χ2v) is 6.09. The van der Waals surface area contributed by atoms with Crippen LogP contribution >= 0.6 is 0 Å². The molecular weight excluding hydrogens is 224 g/mol. The summed E-state index contributed by atoms with van der Waals surface area (Å²) in [6, 6.07) is 0. The molecule has 2 unspecified atom stereocenters. The van der Waals surface area contributed by atoms with Crippen LogP contribution < -0.4 is 5.73 Å². The van der Waals surface area contributed by atoms with E-state index in [2.05, 4.69) is 18.7 Å². The molecule has 2 N–H and O–H groups in total. The number of ether oxygens (including phenoxy) is 1. The second-order valence-electron chi connectivity index (χ2n) is 6.09. The van der Waals surface area contributed by atoms with Gasteiger partial charge in [-0.05, 0) is 44.9 Å². The Morgan fingerprint density at radius 1 is 1.22 bits per heavy atom. The summed E-state index contributed by atoms with van der Waals surface area (Å²) < 4.78 is 5.74. The van der Waals surface area contributed by atoms with Crippen LogP contribution in [0.2, 0.25) is 0 Å². The van der Waals surface area contributed by atoms with Gasteiger partial charge in [0.15, 0.2) is 0 Å². The summed E-state index contributed by atoms with van der Waals surface area (Å²) >= 11 is 0. The van der Waals surface area contributed by atoms with Crippen molar-refractivity contribution in [3.63, 3.8) is 0 Å². The molecule has 2 rings (SSSR count). The zero-order chi connectivity index (χ0) is 13.0. The minimum absolute atomic E-state index is 0.317. The molecule has 0 radical (unpaired) electrons. The van der Waals surface area contributed by atoms with E-state index in [1.807, 2.05) is 0 Å². The van der Waals surface area contributed by atoms with E-state index in [1.165, 1.54) is 51.6 Å². The van der Waals surface area contributed by atoms with Crippen LogP contribution in [0.4, 0.5) is 0 Å². The maximum absolute atomic E-state index is 6.14. The summed E-state index contributed by atoms with van der Waals surface area (Å²) in [6.07, 6.45) is 8.18. The van der Waals surface area contributed by atoms with E-state index >= 15 is 0 Å². The molecule has 0 spiro atoms. The van der Waals surface area contributed by atoms with Gasteiger partial charge in [-0.15, -0.1) is 0 Å². The molecule has 2 aliphatic rings. The second kappa shape index (κ2) is 6.36. The Kier molecular flexibility index (Phi) is 5.05. The molecule has 0 aromatic carbocycles. The summed E-state index contributed by atoms with van der Waals surface area (Å²) in [5.74, 6) is 0.901. The molecule has 0 aromatic rings. The van der Waals surface area contributed by atoms with Crippen molar-refractivity contribution in [3.8, 4) is 0 Å². The highest BCUT2D eigenvalue weighted by Gasteiger charge is 2.43. The lowest BCUT2D eigenvalue weighted by Gasteiger charge is -2.44. The Morgan fingerprint density at radius 3 is 2.44 bits per heavy atom. The number of nitrogens with zero attached hydrogens (tertiary/aromatic N) is 1. The van der Waals surface area contributed by atoms with E-state index in [9.17, 15) is 0 Å². The standard InChI is InChI=1S/C15H30N2O/c1-3-13-5-8-15(11-13,12-16)17-9-6-14(7-10-17)18-4-2/h13-14H,3-12,16H2,1-2H3. The van der Waals surface area contributed by atoms with Crippen LogP contribution in [-0.2, 0) is 4.74 Å². The van der Waals surface area contributed by atoms with Crippen LogP contribution in [0.15, 0.2) is 0 Å². The minimum Gasteiger partial charge on any atom is -0.378 e. The number of nitrogens with two attached hydrogens (primary N) is 1. The Labute approximate surface area is 112 Å². The molecule has 1 saturated carbocycles. The first-order valence-electron chi connectivity index (χ1n) is 7.80. The molecule has 3 heteroatoms. The number of hydrogen-bond acceptors (Lipinski definition) is 3. The minimum atomic E-state index is 0.317. The average Bonchev–Trinajstić information content (AvgIpc) is 2.85. The zero-order valence-electron chi connectivity index (χ0n) is 12.2. The van der Waals surface area contributed by atoms with Gasteiger partial charge in [0.05, 0.1) is 6.10 Å². The maximum Gasteiger partial charge on any atom is 0.0599 e. The molecule has 0 aromatic heterocycles. The number of likely N-dealkylation sites (tertiary alicyclic amines) is 1. The van der Waals surface area contributed by atoms with Crippen molar-refractivity contribution in [1.82, 2.24) is 4.90 Å². The summed E-state index contributed by atoms with van der Waals surface area (Å²) in [7, 11) is 0. The predicted molar refractivity (Wildman–Crippen MR) is 75.6 cm³/mol. The third kappa shape index (κ3) is 2.89. The van der Waals surface area contributed by atoms with Crippen molar-refractivity contribution in [3.05, 3.63) is 0 Å². The highest BCUT2D eigenvalue weighted by atomic mass is 16.5. The van der Waals surface area contributed by atoms with E-state index < -0.39 is 0 Å². The van der Waals surface area contributed by atoms with Crippen LogP contribution in [0.1, 0.15) is 52.4 Å². The van der Waals surface area contributed by atoms with Gasteiger partial charge in [-0.2, -0.15) is 0 Å². The summed E-state index contributed by atoms with van der Waals surface area (Å²) in [5, 5.41) is 0. The number of rotatable bonds is 5. The molecule has 0 bridgehead atoms. The van der Waals surface area contributed by atoms with Gasteiger partial charge in [0.25, 0.3) is 0 Å². The van der Waals surface area contributed by atoms with Crippen LogP contribution in [-0.4, -0.2) is 42.8 Å². The maximum atomic E-state index is 6.14. The fraction of sp³-hybridized carbons (Fsp3) is 1.00. The van der Waals surface area contributed by atoms with Crippen molar-refractivity contribution in [2.24, 2.45) is 11.7 Å². The number of piperidine rings is 1. The van der Waals surface area contributed by atoms with Crippen molar-refractivity contribution >= 4 is 0 Å². The molecule has 2 atom stereocenters. The van der Waals surface area contributed by atoms with E-state index in [1.54, 1.807) is 0 Å². The van der Waals surface area contributed by atoms with Crippen molar-refractivity contribution < 1.29 is 4.74 Å². The van der Waals surface area contributed by atoms with Crippen molar-refractivity contribution in [1.29, 1.82) is 0 Å². The average molecular weight is 254 g/mol. The quantitative estimate of drug-likeness (QED) is 0.819. The first-order valence-corrected chi connectivity index (χ1v) is 7.80. The van der Waals surface area contributed by atoms with Crippen LogP contribution in [0, 0.1) is 5.92 Å². The molecule has 2 fully saturated rings. The lowest BCUT2D eigenvalue weighted by Crippen LogP contribution is -2.55. The highest BCUT2D eigenvalue weighted by molar-refractivity contribution is 5.00. The normalized spacial score (nSPS) is 35.2. The van der Waals surface area contributed by atoms with Crippen LogP contribution in [0.25, 0.3) is 0 Å². The fourth-order valence-corrected chi connectivity index (χ4v) is 3.90. The van der Waals surface area contributed by atoms with Gasteiger partial charge in [-0.25, -0.2) is 0 Å². The molecule has 1 saturated heterocycles. The highest BCUT2D eigenvalue weighted by Crippen LogP contribution is 2.41.